The molecule has 1 saturated heterocycles. The van der Waals surface area contributed by atoms with Gasteiger partial charge < -0.3 is 9.80 Å². The fraction of sp³-hybridized carbons (Fsp3) is 0.316. The van der Waals surface area contributed by atoms with Crippen molar-refractivity contribution in [3.05, 3.63) is 63.6 Å². The summed E-state index contributed by atoms with van der Waals surface area (Å²) in [5.41, 5.74) is 1.99. The van der Waals surface area contributed by atoms with Crippen molar-refractivity contribution >= 4 is 39.0 Å². The molecule has 0 aromatic heterocycles. The summed E-state index contributed by atoms with van der Waals surface area (Å²) in [7, 11) is 0. The van der Waals surface area contributed by atoms with E-state index < -0.39 is 0 Å². The molecule has 0 radical (unpaired) electrons. The van der Waals surface area contributed by atoms with Crippen molar-refractivity contribution in [1.29, 1.82) is 0 Å². The first-order valence-electron chi connectivity index (χ1n) is 8.25. The van der Waals surface area contributed by atoms with Crippen molar-refractivity contribution in [3.63, 3.8) is 0 Å². The van der Waals surface area contributed by atoms with Crippen LogP contribution < -0.4 is 9.80 Å². The Bertz CT molecular complexity index is 697. The van der Waals surface area contributed by atoms with Gasteiger partial charge >= 0.3 is 0 Å². The normalized spacial score (nSPS) is 15.5. The van der Waals surface area contributed by atoms with Crippen LogP contribution in [-0.4, -0.2) is 38.5 Å². The number of Topliss-reactive ketones (excluding diaryl/α,β-unsaturated/α-hetero) is 1. The summed E-state index contributed by atoms with van der Waals surface area (Å²) in [6.07, 6.45) is 0.605. The van der Waals surface area contributed by atoms with Crippen LogP contribution in [0.5, 0.6) is 0 Å². The van der Waals surface area contributed by atoms with Gasteiger partial charge in [-0.3, -0.25) is 4.79 Å². The predicted molar refractivity (Wildman–Crippen MR) is 102 cm³/mol. The number of rotatable bonds is 5. The molecule has 0 aliphatic carbocycles. The molecule has 1 heterocycles. The molecule has 1 aliphatic rings. The van der Waals surface area contributed by atoms with Gasteiger partial charge in [0.1, 0.15) is 0 Å². The van der Waals surface area contributed by atoms with E-state index in [0.29, 0.717) is 6.42 Å². The number of benzene rings is 2. The molecule has 0 amide bonds. The zero-order valence-corrected chi connectivity index (χ0v) is 15.8. The highest BCUT2D eigenvalue weighted by Crippen LogP contribution is 2.19. The average molecular weight is 409 g/mol. The summed E-state index contributed by atoms with van der Waals surface area (Å²) >= 11 is 9.47. The van der Waals surface area contributed by atoms with Crippen LogP contribution in [0.2, 0.25) is 5.02 Å². The number of hydrogen-bond donors (Lipinski definition) is 1. The number of anilines is 1. The summed E-state index contributed by atoms with van der Waals surface area (Å²) < 4.78 is 1.00. The van der Waals surface area contributed by atoms with Gasteiger partial charge in [-0.15, -0.1) is 0 Å². The number of carbonyl (C=O) groups is 1. The van der Waals surface area contributed by atoms with Crippen molar-refractivity contribution in [3.8, 4) is 0 Å². The van der Waals surface area contributed by atoms with E-state index in [4.69, 9.17) is 11.6 Å². The van der Waals surface area contributed by atoms with Gasteiger partial charge in [-0.05, 0) is 30.3 Å². The Balaban J connectivity index is 1.47. The van der Waals surface area contributed by atoms with E-state index in [1.165, 1.54) is 10.6 Å². The molecule has 0 bridgehead atoms. The summed E-state index contributed by atoms with van der Waals surface area (Å²) in [5.74, 6) is 0.229. The second-order valence-electron chi connectivity index (χ2n) is 6.15. The first kappa shape index (κ1) is 17.5. The fourth-order valence-corrected chi connectivity index (χ4v) is 3.52. The van der Waals surface area contributed by atoms with Crippen LogP contribution in [0.25, 0.3) is 0 Å². The lowest BCUT2D eigenvalue weighted by atomic mass is 10.1. The Hall–Kier alpha value is -1.36. The van der Waals surface area contributed by atoms with Crippen molar-refractivity contribution in [2.45, 2.75) is 6.42 Å². The average Bonchev–Trinajstić information content (AvgIpc) is 2.61. The molecule has 2 aromatic carbocycles. The molecule has 126 valence electrons. The van der Waals surface area contributed by atoms with Gasteiger partial charge in [0.05, 0.1) is 39.1 Å². The number of hydrogen-bond acceptors (Lipinski definition) is 2. The number of halogens is 2. The van der Waals surface area contributed by atoms with Gasteiger partial charge in [-0.25, -0.2) is 0 Å². The van der Waals surface area contributed by atoms with Crippen LogP contribution in [-0.2, 0) is 0 Å². The van der Waals surface area contributed by atoms with Gasteiger partial charge in [-0.1, -0.05) is 45.7 Å². The monoisotopic (exact) mass is 407 g/mol. The largest absolute Gasteiger partial charge is 0.360 e. The van der Waals surface area contributed by atoms with E-state index in [0.717, 1.165) is 47.8 Å². The Labute approximate surface area is 156 Å². The highest BCUT2D eigenvalue weighted by Gasteiger charge is 2.21. The number of nitrogens with one attached hydrogen (secondary N) is 1. The van der Waals surface area contributed by atoms with Crippen LogP contribution >= 0.6 is 27.5 Å². The second-order valence-corrected chi connectivity index (χ2v) is 7.50. The van der Waals surface area contributed by atoms with Crippen LogP contribution in [0.3, 0.4) is 0 Å². The van der Waals surface area contributed by atoms with E-state index in [-0.39, 0.29) is 5.78 Å². The molecule has 3 nitrogen and oxygen atoms in total. The maximum atomic E-state index is 12.3. The first-order chi connectivity index (χ1) is 11.6. The third-order valence-corrected chi connectivity index (χ3v) is 5.28. The molecule has 5 heteroatoms. The van der Waals surface area contributed by atoms with Crippen LogP contribution in [0.1, 0.15) is 16.8 Å². The minimum Gasteiger partial charge on any atom is -0.360 e. The van der Waals surface area contributed by atoms with Crippen LogP contribution in [0.15, 0.2) is 53.0 Å². The second kappa shape index (κ2) is 8.15. The summed E-state index contributed by atoms with van der Waals surface area (Å²) in [4.78, 5) is 16.1. The summed E-state index contributed by atoms with van der Waals surface area (Å²) in [5, 5.41) is 0.780. The van der Waals surface area contributed by atoms with Crippen molar-refractivity contribution < 1.29 is 9.69 Å². The third kappa shape index (κ3) is 4.59. The molecule has 0 atom stereocenters. The van der Waals surface area contributed by atoms with Crippen LogP contribution in [0, 0.1) is 0 Å². The third-order valence-electron chi connectivity index (χ3n) is 4.52. The van der Waals surface area contributed by atoms with E-state index in [1.54, 1.807) is 0 Å². The van der Waals surface area contributed by atoms with Crippen molar-refractivity contribution in [2.24, 2.45) is 0 Å². The van der Waals surface area contributed by atoms with E-state index in [2.05, 4.69) is 26.9 Å². The maximum Gasteiger partial charge on any atom is 0.168 e. The molecule has 1 aliphatic heterocycles. The zero-order valence-electron chi connectivity index (χ0n) is 13.5. The molecule has 0 spiro atoms. The predicted octanol–water partition coefficient (Wildman–Crippen LogP) is 3.08. The minimum atomic E-state index is 0.229. The zero-order chi connectivity index (χ0) is 16.9. The number of nitrogens with zero attached hydrogens (tertiary/aromatic N) is 1. The van der Waals surface area contributed by atoms with E-state index >= 15 is 0 Å². The quantitative estimate of drug-likeness (QED) is 0.769. The Morgan fingerprint density at radius 2 is 1.83 bits per heavy atom. The SMILES string of the molecule is O=C(CC[NH+]1CCN(c2cccc(Cl)c2)CC1)c1ccc(Br)cc1. The molecule has 2 aromatic rings. The van der Waals surface area contributed by atoms with Gasteiger partial charge in [0, 0.05) is 20.7 Å². The summed E-state index contributed by atoms with van der Waals surface area (Å²) in [6.45, 7) is 5.02. The lowest BCUT2D eigenvalue weighted by Gasteiger charge is -2.33. The molecule has 1 N–H and O–H groups in total. The molecule has 24 heavy (non-hydrogen) atoms. The molecule has 0 saturated carbocycles. The smallest absolute Gasteiger partial charge is 0.168 e. The number of quaternary nitrogens is 1. The number of piperazine rings is 1. The number of carbonyl (C=O) groups excluding carboxylic acids is 1. The Morgan fingerprint density at radius 3 is 2.50 bits per heavy atom. The first-order valence-corrected chi connectivity index (χ1v) is 9.42. The highest BCUT2D eigenvalue weighted by atomic mass is 79.9. The Kier molecular flexibility index (Phi) is 5.93. The molecule has 0 unspecified atom stereocenters. The highest BCUT2D eigenvalue weighted by molar-refractivity contribution is 9.10. The van der Waals surface area contributed by atoms with E-state index in [9.17, 15) is 4.79 Å². The minimum absolute atomic E-state index is 0.229. The summed E-state index contributed by atoms with van der Waals surface area (Å²) in [6, 6.07) is 15.6. The van der Waals surface area contributed by atoms with Crippen molar-refractivity contribution in [2.75, 3.05) is 37.6 Å². The van der Waals surface area contributed by atoms with Gasteiger partial charge in [-0.2, -0.15) is 0 Å². The molecular formula is C19H21BrClN2O+. The topological polar surface area (TPSA) is 24.8 Å². The molecule has 1 fully saturated rings. The Morgan fingerprint density at radius 1 is 1.12 bits per heavy atom. The van der Waals surface area contributed by atoms with E-state index in [1.807, 2.05) is 42.5 Å². The lowest BCUT2D eigenvalue weighted by molar-refractivity contribution is -0.899. The fourth-order valence-electron chi connectivity index (χ4n) is 3.07. The van der Waals surface area contributed by atoms with Gasteiger partial charge in [0.25, 0.3) is 0 Å². The van der Waals surface area contributed by atoms with Gasteiger partial charge in [0.2, 0.25) is 0 Å². The maximum absolute atomic E-state index is 12.3. The standard InChI is InChI=1S/C19H20BrClN2O/c20-16-6-4-15(5-7-16)19(24)8-9-22-10-12-23(13-11-22)18-3-1-2-17(21)14-18/h1-7,14H,8-13H2/p+1. The van der Waals surface area contributed by atoms with Crippen LogP contribution in [0.4, 0.5) is 5.69 Å². The molecule has 3 rings (SSSR count). The van der Waals surface area contributed by atoms with Crippen molar-refractivity contribution in [1.82, 2.24) is 0 Å². The van der Waals surface area contributed by atoms with Gasteiger partial charge in [0.15, 0.2) is 5.78 Å². The lowest BCUT2D eigenvalue weighted by Crippen LogP contribution is -3.15. The number of ketones is 1. The molecular weight excluding hydrogens is 388 g/mol.